The minimum absolute atomic E-state index is 0.0791. The maximum absolute atomic E-state index is 11.2. The van der Waals surface area contributed by atoms with Gasteiger partial charge in [-0.2, -0.15) is 0 Å². The lowest BCUT2D eigenvalue weighted by Crippen LogP contribution is -2.56. The highest BCUT2D eigenvalue weighted by molar-refractivity contribution is 6.49. The largest absolute Gasteiger partial charge is 0.506 e. The topological polar surface area (TPSA) is 78.6 Å². The normalized spacial score (nSPS) is 19.5. The summed E-state index contributed by atoms with van der Waals surface area (Å²) in [6, 6.07) is 0.825. The van der Waals surface area contributed by atoms with Gasteiger partial charge < -0.3 is 21.1 Å². The Balaban J connectivity index is 2.36. The van der Waals surface area contributed by atoms with Crippen LogP contribution in [0.3, 0.4) is 0 Å². The molecule has 8 heteroatoms. The summed E-state index contributed by atoms with van der Waals surface area (Å²) in [7, 11) is 0. The van der Waals surface area contributed by atoms with E-state index < -0.39 is 11.9 Å². The van der Waals surface area contributed by atoms with Crippen LogP contribution >= 0.6 is 34.8 Å². The standard InChI is InChI=1S/C11H12Cl3N3O2/c12-5-3-7(18)10(9(14)8(5)13)17-2-1-16-6(4-17)11(15)19/h3,6,16,18H,1-2,4H2,(H2,15,19)/t6-/m1/s1. The predicted molar refractivity (Wildman–Crippen MR) is 76.3 cm³/mol. The van der Waals surface area contributed by atoms with E-state index in [-0.39, 0.29) is 20.8 Å². The molecule has 1 heterocycles. The highest BCUT2D eigenvalue weighted by atomic mass is 35.5. The Morgan fingerprint density at radius 2 is 2.11 bits per heavy atom. The van der Waals surface area contributed by atoms with E-state index in [0.29, 0.717) is 25.3 Å². The molecule has 1 aliphatic rings. The summed E-state index contributed by atoms with van der Waals surface area (Å²) in [4.78, 5) is 13.0. The molecule has 1 fully saturated rings. The number of anilines is 1. The number of benzene rings is 1. The zero-order valence-corrected chi connectivity index (χ0v) is 12.1. The fraction of sp³-hybridized carbons (Fsp3) is 0.364. The van der Waals surface area contributed by atoms with Crippen LogP contribution in [0.1, 0.15) is 0 Å². The van der Waals surface area contributed by atoms with E-state index >= 15 is 0 Å². The lowest BCUT2D eigenvalue weighted by atomic mass is 10.1. The molecule has 1 saturated heterocycles. The van der Waals surface area contributed by atoms with Gasteiger partial charge in [-0.25, -0.2) is 0 Å². The van der Waals surface area contributed by atoms with Gasteiger partial charge in [-0.05, 0) is 0 Å². The Kier molecular flexibility index (Phi) is 4.30. The van der Waals surface area contributed by atoms with Gasteiger partial charge in [0.2, 0.25) is 5.91 Å². The summed E-state index contributed by atoms with van der Waals surface area (Å²) in [6.07, 6.45) is 0. The third-order valence-corrected chi connectivity index (χ3v) is 4.20. The van der Waals surface area contributed by atoms with Crippen molar-refractivity contribution in [2.45, 2.75) is 6.04 Å². The van der Waals surface area contributed by atoms with E-state index in [1.807, 2.05) is 0 Å². The van der Waals surface area contributed by atoms with Crippen LogP contribution in [0.25, 0.3) is 0 Å². The maximum atomic E-state index is 11.2. The highest BCUT2D eigenvalue weighted by Crippen LogP contribution is 2.44. The molecule has 0 aliphatic carbocycles. The second kappa shape index (κ2) is 5.63. The third-order valence-electron chi connectivity index (χ3n) is 2.95. The Morgan fingerprint density at radius 3 is 2.74 bits per heavy atom. The molecule has 2 rings (SSSR count). The molecule has 0 saturated carbocycles. The number of piperazine rings is 1. The molecule has 1 atom stereocenters. The van der Waals surface area contributed by atoms with E-state index in [1.54, 1.807) is 4.90 Å². The van der Waals surface area contributed by atoms with Crippen LogP contribution in [0, 0.1) is 0 Å². The Labute approximate surface area is 125 Å². The number of rotatable bonds is 2. The van der Waals surface area contributed by atoms with Crippen molar-refractivity contribution < 1.29 is 9.90 Å². The molecule has 0 bridgehead atoms. The van der Waals surface area contributed by atoms with Crippen LogP contribution < -0.4 is 16.0 Å². The number of nitrogens with one attached hydrogen (secondary N) is 1. The molecule has 0 spiro atoms. The summed E-state index contributed by atoms with van der Waals surface area (Å²) < 4.78 is 0. The lowest BCUT2D eigenvalue weighted by molar-refractivity contribution is -0.120. The molecule has 19 heavy (non-hydrogen) atoms. The number of phenols is 1. The fourth-order valence-electron chi connectivity index (χ4n) is 2.02. The van der Waals surface area contributed by atoms with E-state index in [2.05, 4.69) is 5.32 Å². The van der Waals surface area contributed by atoms with Crippen LogP contribution in [0.2, 0.25) is 15.1 Å². The molecule has 0 radical (unpaired) electrons. The number of primary amides is 1. The van der Waals surface area contributed by atoms with Crippen molar-refractivity contribution in [1.82, 2.24) is 5.32 Å². The summed E-state index contributed by atoms with van der Waals surface area (Å²) in [6.45, 7) is 1.42. The first-order chi connectivity index (χ1) is 8.91. The summed E-state index contributed by atoms with van der Waals surface area (Å²) >= 11 is 17.9. The number of nitrogens with zero attached hydrogens (tertiary/aromatic N) is 1. The molecule has 1 aliphatic heterocycles. The molecule has 104 valence electrons. The number of nitrogens with two attached hydrogens (primary N) is 1. The average Bonchev–Trinajstić information content (AvgIpc) is 2.36. The molecule has 0 unspecified atom stereocenters. The van der Waals surface area contributed by atoms with Crippen LogP contribution in [0.15, 0.2) is 6.07 Å². The average molecular weight is 325 g/mol. The van der Waals surface area contributed by atoms with Gasteiger partial charge >= 0.3 is 0 Å². The van der Waals surface area contributed by atoms with Crippen molar-refractivity contribution in [3.63, 3.8) is 0 Å². The SMILES string of the molecule is NC(=O)[C@H]1CN(c2c(O)cc(Cl)c(Cl)c2Cl)CCN1. The molecule has 4 N–H and O–H groups in total. The third kappa shape index (κ3) is 2.84. The number of hydrogen-bond donors (Lipinski definition) is 3. The first kappa shape index (κ1) is 14.5. The van der Waals surface area contributed by atoms with Crippen LogP contribution in [-0.2, 0) is 4.79 Å². The second-order valence-corrected chi connectivity index (χ2v) is 5.37. The summed E-state index contributed by atoms with van der Waals surface area (Å²) in [5.74, 6) is -0.537. The quantitative estimate of drug-likeness (QED) is 0.722. The number of carbonyl (C=O) groups is 1. The molecule has 1 aromatic carbocycles. The summed E-state index contributed by atoms with van der Waals surface area (Å²) in [5.41, 5.74) is 5.63. The van der Waals surface area contributed by atoms with Crippen LogP contribution in [0.5, 0.6) is 5.75 Å². The van der Waals surface area contributed by atoms with Gasteiger partial charge in [-0.1, -0.05) is 34.8 Å². The highest BCUT2D eigenvalue weighted by Gasteiger charge is 2.27. The van der Waals surface area contributed by atoms with E-state index in [0.717, 1.165) is 0 Å². The maximum Gasteiger partial charge on any atom is 0.236 e. The molecule has 1 aromatic rings. The minimum atomic E-state index is -0.501. The monoisotopic (exact) mass is 323 g/mol. The Hall–Kier alpha value is -0.880. The van der Waals surface area contributed by atoms with Crippen molar-refractivity contribution in [3.8, 4) is 5.75 Å². The van der Waals surface area contributed by atoms with Crippen molar-refractivity contribution in [1.29, 1.82) is 0 Å². The minimum Gasteiger partial charge on any atom is -0.506 e. The molecule has 0 aromatic heterocycles. The molecular formula is C11H12Cl3N3O2. The second-order valence-electron chi connectivity index (χ2n) is 4.21. The Bertz CT molecular complexity index is 524. The number of aromatic hydroxyl groups is 1. The smallest absolute Gasteiger partial charge is 0.236 e. The number of phenolic OH excluding ortho intramolecular Hbond substituents is 1. The van der Waals surface area contributed by atoms with Gasteiger partial charge in [0.25, 0.3) is 0 Å². The van der Waals surface area contributed by atoms with Gasteiger partial charge in [0, 0.05) is 25.7 Å². The Morgan fingerprint density at radius 1 is 1.42 bits per heavy atom. The van der Waals surface area contributed by atoms with E-state index in [9.17, 15) is 9.90 Å². The van der Waals surface area contributed by atoms with Gasteiger partial charge in [-0.3, -0.25) is 4.79 Å². The van der Waals surface area contributed by atoms with Crippen LogP contribution in [-0.4, -0.2) is 36.7 Å². The van der Waals surface area contributed by atoms with Crippen molar-refractivity contribution in [2.75, 3.05) is 24.5 Å². The van der Waals surface area contributed by atoms with Gasteiger partial charge in [0.05, 0.1) is 20.8 Å². The molecule has 1 amide bonds. The first-order valence-corrected chi connectivity index (χ1v) is 6.69. The number of hydrogen-bond acceptors (Lipinski definition) is 4. The zero-order chi connectivity index (χ0) is 14.2. The number of halogens is 3. The number of amides is 1. The van der Waals surface area contributed by atoms with E-state index in [1.165, 1.54) is 6.07 Å². The lowest BCUT2D eigenvalue weighted by Gasteiger charge is -2.34. The summed E-state index contributed by atoms with van der Waals surface area (Å²) in [5, 5.41) is 13.5. The van der Waals surface area contributed by atoms with Crippen molar-refractivity contribution in [3.05, 3.63) is 21.1 Å². The van der Waals surface area contributed by atoms with Crippen molar-refractivity contribution >= 4 is 46.4 Å². The van der Waals surface area contributed by atoms with Crippen LogP contribution in [0.4, 0.5) is 5.69 Å². The zero-order valence-electron chi connectivity index (χ0n) is 9.79. The van der Waals surface area contributed by atoms with Gasteiger partial charge in [0.1, 0.15) is 11.8 Å². The number of carbonyl (C=O) groups excluding carboxylic acids is 1. The van der Waals surface area contributed by atoms with Gasteiger partial charge in [-0.15, -0.1) is 0 Å². The fourth-order valence-corrected chi connectivity index (χ4v) is 2.73. The predicted octanol–water partition coefficient (Wildman–Crippen LogP) is 1.62. The first-order valence-electron chi connectivity index (χ1n) is 5.56. The van der Waals surface area contributed by atoms with Crippen molar-refractivity contribution in [2.24, 2.45) is 5.73 Å². The van der Waals surface area contributed by atoms with Gasteiger partial charge in [0.15, 0.2) is 0 Å². The van der Waals surface area contributed by atoms with E-state index in [4.69, 9.17) is 40.5 Å². The molecule has 5 nitrogen and oxygen atoms in total. The molecular weight excluding hydrogens is 312 g/mol.